The van der Waals surface area contributed by atoms with E-state index in [1.165, 1.54) is 17.4 Å². The van der Waals surface area contributed by atoms with E-state index in [4.69, 9.17) is 0 Å². The molecular formula is C20H19FN2OS. The molecule has 3 nitrogen and oxygen atoms in total. The fourth-order valence-corrected chi connectivity index (χ4v) is 4.32. The highest BCUT2D eigenvalue weighted by atomic mass is 32.1. The summed E-state index contributed by atoms with van der Waals surface area (Å²) in [5.74, 6) is 0.0967. The third kappa shape index (κ3) is 3.16. The molecule has 2 aromatic heterocycles. The van der Waals surface area contributed by atoms with Crippen LogP contribution in [-0.2, 0) is 0 Å². The molecule has 0 unspecified atom stereocenters. The predicted molar refractivity (Wildman–Crippen MR) is 100 cm³/mol. The average Bonchev–Trinajstić information content (AvgIpc) is 3.16. The Hall–Kier alpha value is -2.27. The second-order valence-corrected chi connectivity index (χ2v) is 7.49. The lowest BCUT2D eigenvalue weighted by Gasteiger charge is -2.33. The van der Waals surface area contributed by atoms with Crippen LogP contribution in [0.25, 0.3) is 10.9 Å². The van der Waals surface area contributed by atoms with Crippen LogP contribution in [0.15, 0.2) is 41.8 Å². The van der Waals surface area contributed by atoms with E-state index in [0.29, 0.717) is 0 Å². The first-order chi connectivity index (χ1) is 12.1. The highest BCUT2D eigenvalue weighted by Gasteiger charge is 2.27. The molecular weight excluding hydrogens is 335 g/mol. The molecule has 1 fully saturated rings. The molecule has 0 amide bonds. The molecule has 3 heterocycles. The number of thiophene rings is 1. The lowest BCUT2D eigenvalue weighted by molar-refractivity contribution is 0.0905. The number of Topliss-reactive ketones (excluding diaryl/α,β-unsaturated/α-hetero) is 1. The summed E-state index contributed by atoms with van der Waals surface area (Å²) in [7, 11) is 0. The van der Waals surface area contributed by atoms with Crippen LogP contribution in [0.2, 0.25) is 0 Å². The van der Waals surface area contributed by atoms with Gasteiger partial charge in [0.2, 0.25) is 0 Å². The number of aromatic nitrogens is 1. The van der Waals surface area contributed by atoms with Gasteiger partial charge in [0.05, 0.1) is 10.4 Å². The van der Waals surface area contributed by atoms with E-state index < -0.39 is 0 Å². The molecule has 0 aliphatic carbocycles. The van der Waals surface area contributed by atoms with Crippen molar-refractivity contribution >= 4 is 33.7 Å². The second kappa shape index (κ2) is 6.56. The summed E-state index contributed by atoms with van der Waals surface area (Å²) in [4.78, 5) is 20.2. The van der Waals surface area contributed by atoms with Crippen molar-refractivity contribution in [2.75, 3.05) is 18.0 Å². The van der Waals surface area contributed by atoms with Crippen molar-refractivity contribution < 1.29 is 9.18 Å². The van der Waals surface area contributed by atoms with Crippen molar-refractivity contribution in [3.63, 3.8) is 0 Å². The van der Waals surface area contributed by atoms with Crippen LogP contribution in [-0.4, -0.2) is 23.9 Å². The van der Waals surface area contributed by atoms with Gasteiger partial charge in [-0.3, -0.25) is 9.78 Å². The molecule has 0 bridgehead atoms. The number of benzene rings is 1. The molecule has 4 rings (SSSR count). The third-order valence-electron chi connectivity index (χ3n) is 4.85. The summed E-state index contributed by atoms with van der Waals surface area (Å²) < 4.78 is 13.7. The lowest BCUT2D eigenvalue weighted by Crippen LogP contribution is -2.36. The Labute approximate surface area is 150 Å². The molecule has 1 saturated heterocycles. The fraction of sp³-hybridized carbons (Fsp3) is 0.300. The molecule has 1 aliphatic heterocycles. The molecule has 3 aromatic rings. The van der Waals surface area contributed by atoms with Gasteiger partial charge in [-0.1, -0.05) is 6.07 Å². The van der Waals surface area contributed by atoms with E-state index in [1.807, 2.05) is 30.5 Å². The van der Waals surface area contributed by atoms with Gasteiger partial charge in [-0.15, -0.1) is 11.3 Å². The minimum absolute atomic E-state index is 0.0841. The van der Waals surface area contributed by atoms with Crippen LogP contribution in [0.5, 0.6) is 0 Å². The number of halogens is 1. The summed E-state index contributed by atoms with van der Waals surface area (Å²) >= 11 is 1.51. The number of fused-ring (bicyclic) bond motifs is 1. The summed E-state index contributed by atoms with van der Waals surface area (Å²) in [6, 6.07) is 10.6. The van der Waals surface area contributed by atoms with E-state index in [9.17, 15) is 9.18 Å². The summed E-state index contributed by atoms with van der Waals surface area (Å²) in [5.41, 5.74) is 2.75. The maximum atomic E-state index is 13.7. The quantitative estimate of drug-likeness (QED) is 0.631. The third-order valence-corrected chi connectivity index (χ3v) is 5.73. The largest absolute Gasteiger partial charge is 0.371 e. The Morgan fingerprint density at radius 3 is 2.76 bits per heavy atom. The number of anilines is 1. The Kier molecular flexibility index (Phi) is 4.25. The summed E-state index contributed by atoms with van der Waals surface area (Å²) in [5, 5.41) is 2.79. The standard InChI is InChI=1S/C20H19FN2OS/c1-13-11-18(16-12-15(21)4-5-17(16)22-13)23-8-6-14(7-9-23)20(24)19-3-2-10-25-19/h2-5,10-12,14H,6-9H2,1H3. The van der Waals surface area contributed by atoms with Gasteiger partial charge >= 0.3 is 0 Å². The number of hydrogen-bond donors (Lipinski definition) is 0. The highest BCUT2D eigenvalue weighted by Crippen LogP contribution is 2.32. The van der Waals surface area contributed by atoms with Crippen molar-refractivity contribution in [1.29, 1.82) is 0 Å². The van der Waals surface area contributed by atoms with Crippen LogP contribution in [0.1, 0.15) is 28.2 Å². The van der Waals surface area contributed by atoms with Crippen molar-refractivity contribution in [1.82, 2.24) is 4.98 Å². The smallest absolute Gasteiger partial charge is 0.175 e. The molecule has 5 heteroatoms. The Morgan fingerprint density at radius 1 is 1.24 bits per heavy atom. The first-order valence-corrected chi connectivity index (χ1v) is 9.39. The van der Waals surface area contributed by atoms with E-state index in [-0.39, 0.29) is 17.5 Å². The van der Waals surface area contributed by atoms with Crippen LogP contribution < -0.4 is 4.90 Å². The minimum Gasteiger partial charge on any atom is -0.371 e. The van der Waals surface area contributed by atoms with Gasteiger partial charge in [-0.2, -0.15) is 0 Å². The number of carbonyl (C=O) groups is 1. The Morgan fingerprint density at radius 2 is 2.04 bits per heavy atom. The Balaban J connectivity index is 1.58. The van der Waals surface area contributed by atoms with Crippen LogP contribution in [0.4, 0.5) is 10.1 Å². The number of nitrogens with zero attached hydrogens (tertiary/aromatic N) is 2. The highest BCUT2D eigenvalue weighted by molar-refractivity contribution is 7.12. The van der Waals surface area contributed by atoms with E-state index in [0.717, 1.165) is 53.1 Å². The molecule has 0 N–H and O–H groups in total. The van der Waals surface area contributed by atoms with Crippen LogP contribution >= 0.6 is 11.3 Å². The SMILES string of the molecule is Cc1cc(N2CCC(C(=O)c3cccs3)CC2)c2cc(F)ccc2n1. The number of pyridine rings is 1. The lowest BCUT2D eigenvalue weighted by atomic mass is 9.91. The predicted octanol–water partition coefficient (Wildman–Crippen LogP) is 4.84. The first-order valence-electron chi connectivity index (χ1n) is 8.51. The van der Waals surface area contributed by atoms with Gasteiger partial charge in [0.1, 0.15) is 5.82 Å². The van der Waals surface area contributed by atoms with E-state index >= 15 is 0 Å². The van der Waals surface area contributed by atoms with Gasteiger partial charge in [0, 0.05) is 35.8 Å². The number of carbonyl (C=O) groups excluding carboxylic acids is 1. The molecule has 1 aromatic carbocycles. The zero-order chi connectivity index (χ0) is 17.4. The van der Waals surface area contributed by atoms with Gasteiger partial charge in [0.25, 0.3) is 0 Å². The molecule has 0 spiro atoms. The number of ketones is 1. The maximum absolute atomic E-state index is 13.7. The first kappa shape index (κ1) is 16.2. The van der Waals surface area contributed by atoms with Crippen molar-refractivity contribution in [2.24, 2.45) is 5.92 Å². The number of piperidine rings is 1. The second-order valence-electron chi connectivity index (χ2n) is 6.55. The fourth-order valence-electron chi connectivity index (χ4n) is 3.57. The summed E-state index contributed by atoms with van der Waals surface area (Å²) in [6.45, 7) is 3.56. The van der Waals surface area contributed by atoms with Crippen LogP contribution in [0.3, 0.4) is 0 Å². The van der Waals surface area contributed by atoms with Gasteiger partial charge < -0.3 is 4.90 Å². The van der Waals surface area contributed by atoms with E-state index in [1.54, 1.807) is 12.1 Å². The summed E-state index contributed by atoms with van der Waals surface area (Å²) in [6.07, 6.45) is 1.66. The van der Waals surface area contributed by atoms with Crippen molar-refractivity contribution in [3.05, 3.63) is 58.2 Å². The molecule has 25 heavy (non-hydrogen) atoms. The van der Waals surface area contributed by atoms with Crippen LogP contribution in [0, 0.1) is 18.7 Å². The molecule has 1 aliphatic rings. The number of rotatable bonds is 3. The average molecular weight is 354 g/mol. The van der Waals surface area contributed by atoms with E-state index in [2.05, 4.69) is 9.88 Å². The number of hydrogen-bond acceptors (Lipinski definition) is 4. The minimum atomic E-state index is -0.248. The Bertz CT molecular complexity index is 915. The topological polar surface area (TPSA) is 33.2 Å². The van der Waals surface area contributed by atoms with Gasteiger partial charge in [-0.25, -0.2) is 4.39 Å². The van der Waals surface area contributed by atoms with Crippen molar-refractivity contribution in [2.45, 2.75) is 19.8 Å². The molecule has 0 saturated carbocycles. The van der Waals surface area contributed by atoms with Crippen molar-refractivity contribution in [3.8, 4) is 0 Å². The monoisotopic (exact) mass is 354 g/mol. The molecule has 128 valence electrons. The zero-order valence-electron chi connectivity index (χ0n) is 14.0. The molecule has 0 atom stereocenters. The van der Waals surface area contributed by atoms with Gasteiger partial charge in [-0.05, 0) is 55.5 Å². The molecule has 0 radical (unpaired) electrons. The number of aryl methyl sites for hydroxylation is 1. The normalized spacial score (nSPS) is 15.7. The maximum Gasteiger partial charge on any atom is 0.175 e. The van der Waals surface area contributed by atoms with Gasteiger partial charge in [0.15, 0.2) is 5.78 Å². The zero-order valence-corrected chi connectivity index (χ0v) is 14.9.